The quantitative estimate of drug-likeness (QED) is 0.322. The lowest BCUT2D eigenvalue weighted by molar-refractivity contribution is -0.385. The first-order valence-electron chi connectivity index (χ1n) is 9.55. The third-order valence-electron chi connectivity index (χ3n) is 4.96. The van der Waals surface area contributed by atoms with Gasteiger partial charge in [-0.25, -0.2) is 4.98 Å². The Kier molecular flexibility index (Phi) is 5.67. The zero-order valence-electron chi connectivity index (χ0n) is 17.0. The standard InChI is InChI=1S/C21H15N5O6S/c1-11(25-19(29)14-3-2-4-15(26(31)32)16(14)20(25)30)17(27)23-13-7-5-12(6-8-13)18(28)24-21-22-9-10-33-21/h2-11H,1H3,(H,23,27)(H,22,24,28). The second-order valence-electron chi connectivity index (χ2n) is 6.97. The summed E-state index contributed by atoms with van der Waals surface area (Å²) in [5.74, 6) is -2.73. The molecule has 0 bridgehead atoms. The van der Waals surface area contributed by atoms with E-state index < -0.39 is 34.4 Å². The molecule has 1 aliphatic rings. The van der Waals surface area contributed by atoms with Crippen molar-refractivity contribution in [3.63, 3.8) is 0 Å². The van der Waals surface area contributed by atoms with Crippen LogP contribution in [-0.2, 0) is 4.79 Å². The maximum absolute atomic E-state index is 12.8. The number of hydrogen-bond acceptors (Lipinski definition) is 8. The highest BCUT2D eigenvalue weighted by Crippen LogP contribution is 2.32. The molecule has 3 aromatic rings. The normalized spacial score (nSPS) is 13.4. The van der Waals surface area contributed by atoms with E-state index in [0.29, 0.717) is 21.3 Å². The Morgan fingerprint density at radius 1 is 1.09 bits per heavy atom. The van der Waals surface area contributed by atoms with Gasteiger partial charge in [0.2, 0.25) is 5.91 Å². The van der Waals surface area contributed by atoms with Crippen molar-refractivity contribution in [1.29, 1.82) is 0 Å². The fourth-order valence-electron chi connectivity index (χ4n) is 3.31. The van der Waals surface area contributed by atoms with Crippen molar-refractivity contribution in [2.24, 2.45) is 0 Å². The molecule has 0 fully saturated rings. The minimum atomic E-state index is -1.23. The zero-order chi connectivity index (χ0) is 23.7. The number of nitrogens with zero attached hydrogens (tertiary/aromatic N) is 3. The molecule has 1 aromatic heterocycles. The Morgan fingerprint density at radius 3 is 2.45 bits per heavy atom. The number of fused-ring (bicyclic) bond motifs is 1. The number of nitro groups is 1. The number of amides is 4. The van der Waals surface area contributed by atoms with Gasteiger partial charge in [-0.1, -0.05) is 6.07 Å². The van der Waals surface area contributed by atoms with Crippen LogP contribution in [-0.4, -0.2) is 44.5 Å². The molecule has 4 amide bonds. The number of benzene rings is 2. The van der Waals surface area contributed by atoms with Crippen molar-refractivity contribution in [3.05, 3.63) is 80.8 Å². The van der Waals surface area contributed by atoms with E-state index in [0.717, 1.165) is 6.07 Å². The average Bonchev–Trinajstić information content (AvgIpc) is 3.40. The van der Waals surface area contributed by atoms with Crippen LogP contribution in [0.15, 0.2) is 54.0 Å². The van der Waals surface area contributed by atoms with Gasteiger partial charge in [-0.3, -0.25) is 39.5 Å². The number of anilines is 2. The lowest BCUT2D eigenvalue weighted by Gasteiger charge is -2.21. The largest absolute Gasteiger partial charge is 0.324 e. The fourth-order valence-corrected chi connectivity index (χ4v) is 3.84. The van der Waals surface area contributed by atoms with Gasteiger partial charge in [-0.05, 0) is 37.3 Å². The molecule has 2 aromatic carbocycles. The van der Waals surface area contributed by atoms with Gasteiger partial charge < -0.3 is 5.32 Å². The first kappa shape index (κ1) is 21.8. The smallest absolute Gasteiger partial charge is 0.282 e. The highest BCUT2D eigenvalue weighted by atomic mass is 32.1. The maximum atomic E-state index is 12.8. The van der Waals surface area contributed by atoms with E-state index in [9.17, 15) is 29.3 Å². The Balaban J connectivity index is 1.46. The average molecular weight is 465 g/mol. The van der Waals surface area contributed by atoms with E-state index in [1.807, 2.05) is 0 Å². The van der Waals surface area contributed by atoms with Crippen LogP contribution in [0.4, 0.5) is 16.5 Å². The summed E-state index contributed by atoms with van der Waals surface area (Å²) in [4.78, 5) is 65.5. The van der Waals surface area contributed by atoms with E-state index in [1.54, 1.807) is 11.6 Å². The predicted molar refractivity (Wildman–Crippen MR) is 118 cm³/mol. The fraction of sp³-hybridized carbons (Fsp3) is 0.0952. The van der Waals surface area contributed by atoms with Gasteiger partial charge in [0.05, 0.1) is 10.5 Å². The molecule has 33 heavy (non-hydrogen) atoms. The summed E-state index contributed by atoms with van der Waals surface area (Å²) in [6.45, 7) is 1.35. The van der Waals surface area contributed by atoms with Crippen molar-refractivity contribution in [3.8, 4) is 0 Å². The Labute approximate surface area is 190 Å². The molecule has 2 heterocycles. The molecule has 11 nitrogen and oxygen atoms in total. The van der Waals surface area contributed by atoms with Crippen LogP contribution in [0.1, 0.15) is 38.0 Å². The maximum Gasteiger partial charge on any atom is 0.282 e. The zero-order valence-corrected chi connectivity index (χ0v) is 17.8. The summed E-state index contributed by atoms with van der Waals surface area (Å²) in [5, 5.41) is 18.6. The molecule has 166 valence electrons. The molecule has 1 atom stereocenters. The Bertz CT molecular complexity index is 1290. The number of aromatic nitrogens is 1. The molecular formula is C21H15N5O6S. The van der Waals surface area contributed by atoms with E-state index in [2.05, 4.69) is 15.6 Å². The summed E-state index contributed by atoms with van der Waals surface area (Å²) in [6, 6.07) is 8.49. The summed E-state index contributed by atoms with van der Waals surface area (Å²) < 4.78 is 0. The number of thiazole rings is 1. The summed E-state index contributed by atoms with van der Waals surface area (Å²) in [5.41, 5.74) is -0.274. The van der Waals surface area contributed by atoms with Crippen LogP contribution in [0.5, 0.6) is 0 Å². The van der Waals surface area contributed by atoms with Crippen molar-refractivity contribution < 1.29 is 24.1 Å². The Hall–Kier alpha value is -4.45. The van der Waals surface area contributed by atoms with E-state index in [-0.39, 0.29) is 17.0 Å². The number of imide groups is 1. The molecule has 0 radical (unpaired) electrons. The Morgan fingerprint density at radius 2 is 1.82 bits per heavy atom. The predicted octanol–water partition coefficient (Wildman–Crippen LogP) is 2.93. The number of carbonyl (C=O) groups excluding carboxylic acids is 4. The highest BCUT2D eigenvalue weighted by Gasteiger charge is 2.44. The van der Waals surface area contributed by atoms with Gasteiger partial charge in [0.1, 0.15) is 11.6 Å². The van der Waals surface area contributed by atoms with Gasteiger partial charge in [0.15, 0.2) is 5.13 Å². The number of nitrogens with one attached hydrogen (secondary N) is 2. The van der Waals surface area contributed by atoms with Gasteiger partial charge >= 0.3 is 0 Å². The molecule has 1 aliphatic heterocycles. The number of carbonyl (C=O) groups is 4. The van der Waals surface area contributed by atoms with Gasteiger partial charge in [-0.15, -0.1) is 11.3 Å². The summed E-state index contributed by atoms with van der Waals surface area (Å²) in [7, 11) is 0. The van der Waals surface area contributed by atoms with Crippen LogP contribution >= 0.6 is 11.3 Å². The highest BCUT2D eigenvalue weighted by molar-refractivity contribution is 7.13. The first-order valence-corrected chi connectivity index (χ1v) is 10.4. The van der Waals surface area contributed by atoms with Crippen molar-refractivity contribution >= 4 is 51.5 Å². The summed E-state index contributed by atoms with van der Waals surface area (Å²) >= 11 is 1.27. The monoisotopic (exact) mass is 465 g/mol. The van der Waals surface area contributed by atoms with Crippen LogP contribution in [0.25, 0.3) is 0 Å². The molecule has 0 saturated carbocycles. The molecule has 0 saturated heterocycles. The minimum Gasteiger partial charge on any atom is -0.324 e. The first-order chi connectivity index (χ1) is 15.8. The van der Waals surface area contributed by atoms with Crippen LogP contribution in [0.3, 0.4) is 0 Å². The molecule has 4 rings (SSSR count). The van der Waals surface area contributed by atoms with E-state index >= 15 is 0 Å². The molecule has 12 heteroatoms. The van der Waals surface area contributed by atoms with Gasteiger partial charge in [0, 0.05) is 28.9 Å². The molecule has 0 spiro atoms. The number of hydrogen-bond donors (Lipinski definition) is 2. The topological polar surface area (TPSA) is 152 Å². The third-order valence-corrected chi connectivity index (χ3v) is 5.64. The van der Waals surface area contributed by atoms with Gasteiger partial charge in [0.25, 0.3) is 23.4 Å². The van der Waals surface area contributed by atoms with Crippen LogP contribution in [0, 0.1) is 10.1 Å². The summed E-state index contributed by atoms with van der Waals surface area (Å²) in [6.07, 6.45) is 1.56. The minimum absolute atomic E-state index is 0.121. The molecule has 0 aliphatic carbocycles. The second kappa shape index (κ2) is 8.59. The lowest BCUT2D eigenvalue weighted by atomic mass is 10.1. The SMILES string of the molecule is CC(C(=O)Nc1ccc(C(=O)Nc2nccs2)cc1)N1C(=O)c2cccc([N+](=O)[O-])c2C1=O. The number of nitro benzene ring substituents is 1. The third kappa shape index (κ3) is 4.06. The van der Waals surface area contributed by atoms with Crippen LogP contribution < -0.4 is 10.6 Å². The van der Waals surface area contributed by atoms with Crippen LogP contribution in [0.2, 0.25) is 0 Å². The molecule has 1 unspecified atom stereocenters. The molecular weight excluding hydrogens is 450 g/mol. The second-order valence-corrected chi connectivity index (χ2v) is 7.87. The van der Waals surface area contributed by atoms with Crippen molar-refractivity contribution in [2.45, 2.75) is 13.0 Å². The lowest BCUT2D eigenvalue weighted by Crippen LogP contribution is -2.45. The number of rotatable bonds is 6. The molecule has 2 N–H and O–H groups in total. The van der Waals surface area contributed by atoms with E-state index in [1.165, 1.54) is 54.7 Å². The van der Waals surface area contributed by atoms with Crippen molar-refractivity contribution in [1.82, 2.24) is 9.88 Å². The van der Waals surface area contributed by atoms with E-state index in [4.69, 9.17) is 0 Å². The van der Waals surface area contributed by atoms with Gasteiger partial charge in [-0.2, -0.15) is 0 Å². The van der Waals surface area contributed by atoms with Crippen molar-refractivity contribution in [2.75, 3.05) is 10.6 Å².